The predicted octanol–water partition coefficient (Wildman–Crippen LogP) is 4.92. The van der Waals surface area contributed by atoms with E-state index in [2.05, 4.69) is 39.4 Å². The van der Waals surface area contributed by atoms with E-state index in [1.54, 1.807) is 0 Å². The molecule has 2 aromatic carbocycles. The molecular formula is C25H27Cl2N3O2S. The Bertz CT molecular complexity index is 1090. The summed E-state index contributed by atoms with van der Waals surface area (Å²) in [6.07, 6.45) is 3.06. The summed E-state index contributed by atoms with van der Waals surface area (Å²) in [6.45, 7) is 3.61. The number of carbonyl (C=O) groups excluding carboxylic acids is 2. The van der Waals surface area contributed by atoms with Gasteiger partial charge in [-0.25, -0.2) is 0 Å². The van der Waals surface area contributed by atoms with Gasteiger partial charge in [-0.2, -0.15) is 12.6 Å². The second-order valence-corrected chi connectivity index (χ2v) is 10.5. The van der Waals surface area contributed by atoms with Crippen LogP contribution < -0.4 is 5.32 Å². The number of nitrogens with zero attached hydrogens (tertiary/aromatic N) is 2. The van der Waals surface area contributed by atoms with Crippen molar-refractivity contribution in [2.45, 2.75) is 56.1 Å². The van der Waals surface area contributed by atoms with E-state index < -0.39 is 0 Å². The molecule has 0 bridgehead atoms. The van der Waals surface area contributed by atoms with Crippen molar-refractivity contribution < 1.29 is 9.59 Å². The summed E-state index contributed by atoms with van der Waals surface area (Å²) in [5.41, 5.74) is 4.81. The molecule has 1 N–H and O–H groups in total. The maximum atomic E-state index is 12.4. The largest absolute Gasteiger partial charge is 0.299 e. The Hall–Kier alpha value is -1.57. The summed E-state index contributed by atoms with van der Waals surface area (Å²) < 4.78 is 0. The Labute approximate surface area is 209 Å². The number of carbonyl (C=O) groups is 2. The first kappa shape index (κ1) is 23.2. The lowest BCUT2D eigenvalue weighted by molar-refractivity contribution is -0.137. The van der Waals surface area contributed by atoms with E-state index in [0.29, 0.717) is 35.3 Å². The zero-order chi connectivity index (χ0) is 23.1. The maximum Gasteiger partial charge on any atom is 0.243 e. The van der Waals surface area contributed by atoms with Crippen LogP contribution in [0.15, 0.2) is 36.4 Å². The van der Waals surface area contributed by atoms with Crippen molar-refractivity contribution in [1.82, 2.24) is 15.1 Å². The number of piperidine rings is 2. The van der Waals surface area contributed by atoms with Gasteiger partial charge in [0.25, 0.3) is 0 Å². The molecule has 8 heteroatoms. The van der Waals surface area contributed by atoms with Crippen molar-refractivity contribution in [3.8, 4) is 0 Å². The van der Waals surface area contributed by atoms with Gasteiger partial charge in [0.1, 0.15) is 0 Å². The third-order valence-electron chi connectivity index (χ3n) is 7.18. The molecule has 0 spiro atoms. The molecule has 2 fully saturated rings. The second kappa shape index (κ2) is 9.59. The van der Waals surface area contributed by atoms with E-state index in [9.17, 15) is 9.59 Å². The average Bonchev–Trinajstić information content (AvgIpc) is 3.12. The van der Waals surface area contributed by atoms with Crippen LogP contribution in [0.5, 0.6) is 0 Å². The van der Waals surface area contributed by atoms with Gasteiger partial charge in [0.15, 0.2) is 0 Å². The highest BCUT2D eigenvalue weighted by molar-refractivity contribution is 7.80. The van der Waals surface area contributed by atoms with Gasteiger partial charge in [0.2, 0.25) is 11.8 Å². The number of hydrogen-bond donors (Lipinski definition) is 2. The Balaban J connectivity index is 1.21. The molecule has 5 nitrogen and oxygen atoms in total. The zero-order valence-corrected chi connectivity index (χ0v) is 20.7. The quantitative estimate of drug-likeness (QED) is 0.459. The molecule has 0 radical (unpaired) electrons. The fraction of sp³-hybridized carbons (Fsp3) is 0.440. The minimum Gasteiger partial charge on any atom is -0.299 e. The van der Waals surface area contributed by atoms with Crippen molar-refractivity contribution >= 4 is 47.6 Å². The van der Waals surface area contributed by atoms with Gasteiger partial charge in [-0.15, -0.1) is 0 Å². The zero-order valence-electron chi connectivity index (χ0n) is 18.3. The van der Waals surface area contributed by atoms with E-state index in [1.807, 2.05) is 12.1 Å². The summed E-state index contributed by atoms with van der Waals surface area (Å²) in [6, 6.07) is 12.2. The lowest BCUT2D eigenvalue weighted by Gasteiger charge is -2.32. The van der Waals surface area contributed by atoms with Gasteiger partial charge in [-0.05, 0) is 66.6 Å². The predicted molar refractivity (Wildman–Crippen MR) is 134 cm³/mol. The number of imide groups is 1. The minimum atomic E-state index is -0.307. The molecule has 0 aromatic heterocycles. The van der Waals surface area contributed by atoms with Crippen molar-refractivity contribution in [2.24, 2.45) is 0 Å². The van der Waals surface area contributed by atoms with Crippen LogP contribution >= 0.6 is 35.8 Å². The van der Waals surface area contributed by atoms with Crippen LogP contribution in [0, 0.1) is 0 Å². The lowest BCUT2D eigenvalue weighted by atomic mass is 9.89. The molecule has 3 heterocycles. The molecule has 2 saturated heterocycles. The summed E-state index contributed by atoms with van der Waals surface area (Å²) >= 11 is 17.5. The molecule has 0 aliphatic carbocycles. The van der Waals surface area contributed by atoms with Crippen LogP contribution in [-0.4, -0.2) is 40.7 Å². The second-order valence-electron chi connectivity index (χ2n) is 9.24. The highest BCUT2D eigenvalue weighted by Gasteiger charge is 2.39. The van der Waals surface area contributed by atoms with E-state index in [1.165, 1.54) is 11.1 Å². The average molecular weight is 504 g/mol. The fourth-order valence-corrected chi connectivity index (χ4v) is 6.34. The highest BCUT2D eigenvalue weighted by atomic mass is 35.5. The van der Waals surface area contributed by atoms with Crippen molar-refractivity contribution in [2.75, 3.05) is 13.1 Å². The van der Waals surface area contributed by atoms with Crippen molar-refractivity contribution in [1.29, 1.82) is 0 Å². The topological polar surface area (TPSA) is 52.7 Å². The third-order valence-corrected chi connectivity index (χ3v) is 8.59. The number of nitrogens with one attached hydrogen (secondary N) is 1. The van der Waals surface area contributed by atoms with Gasteiger partial charge in [0, 0.05) is 19.5 Å². The third kappa shape index (κ3) is 4.69. The molecule has 3 aliphatic rings. The number of fused-ring (bicyclic) bond motifs is 1. The number of rotatable bonds is 4. The molecule has 2 unspecified atom stereocenters. The summed E-state index contributed by atoms with van der Waals surface area (Å²) in [5.74, 6) is 0.0489. The van der Waals surface area contributed by atoms with Crippen molar-refractivity contribution in [3.63, 3.8) is 0 Å². The van der Waals surface area contributed by atoms with E-state index in [4.69, 9.17) is 35.8 Å². The number of hydrogen-bond acceptors (Lipinski definition) is 5. The minimum absolute atomic E-state index is 0.129. The number of likely N-dealkylation sites (tertiary alicyclic amines) is 1. The standard InChI is InChI=1S/C25H27Cl2N3O2S/c26-20-3-1-2-18(23(20)27)16-8-10-29(11-9-16)13-15-4-5-19-17(12-15)14-30(25(19)33)21-6-7-22(31)28-24(21)32/h1-5,12,16,21,25,33H,6-11,13-14H2,(H,28,31,32). The Morgan fingerprint density at radius 1 is 1.03 bits per heavy atom. The molecule has 0 saturated carbocycles. The van der Waals surface area contributed by atoms with Crippen LogP contribution in [0.4, 0.5) is 0 Å². The monoisotopic (exact) mass is 503 g/mol. The van der Waals surface area contributed by atoms with E-state index in [-0.39, 0.29) is 23.2 Å². The normalized spacial score (nSPS) is 24.7. The van der Waals surface area contributed by atoms with Crippen LogP contribution in [0.3, 0.4) is 0 Å². The Morgan fingerprint density at radius 2 is 1.82 bits per heavy atom. The Kier molecular flexibility index (Phi) is 6.74. The van der Waals surface area contributed by atoms with Crippen LogP contribution in [0.2, 0.25) is 10.0 Å². The molecular weight excluding hydrogens is 477 g/mol. The molecule has 5 rings (SSSR count). The maximum absolute atomic E-state index is 12.4. The highest BCUT2D eigenvalue weighted by Crippen LogP contribution is 2.40. The Morgan fingerprint density at radius 3 is 2.58 bits per heavy atom. The smallest absolute Gasteiger partial charge is 0.243 e. The number of benzene rings is 2. The van der Waals surface area contributed by atoms with Gasteiger partial charge in [0.05, 0.1) is 21.5 Å². The van der Waals surface area contributed by atoms with E-state index in [0.717, 1.165) is 43.6 Å². The van der Waals surface area contributed by atoms with Gasteiger partial charge < -0.3 is 0 Å². The fourth-order valence-electron chi connectivity index (χ4n) is 5.38. The van der Waals surface area contributed by atoms with Crippen LogP contribution in [0.25, 0.3) is 0 Å². The number of halogens is 2. The first-order valence-electron chi connectivity index (χ1n) is 11.5. The number of amides is 2. The summed E-state index contributed by atoms with van der Waals surface area (Å²) in [4.78, 5) is 28.5. The lowest BCUT2D eigenvalue weighted by Crippen LogP contribution is -2.51. The molecule has 33 heavy (non-hydrogen) atoms. The molecule has 174 valence electrons. The summed E-state index contributed by atoms with van der Waals surface area (Å²) in [5, 5.41) is 3.66. The molecule has 3 aliphatic heterocycles. The van der Waals surface area contributed by atoms with Crippen molar-refractivity contribution in [3.05, 3.63) is 68.7 Å². The van der Waals surface area contributed by atoms with Crippen LogP contribution in [0.1, 0.15) is 59.2 Å². The van der Waals surface area contributed by atoms with Gasteiger partial charge >= 0.3 is 0 Å². The van der Waals surface area contributed by atoms with Gasteiger partial charge in [-0.3, -0.25) is 24.7 Å². The molecule has 2 aromatic rings. The molecule has 2 amide bonds. The first-order valence-corrected chi connectivity index (χ1v) is 12.7. The van der Waals surface area contributed by atoms with Gasteiger partial charge in [-0.1, -0.05) is 53.5 Å². The SMILES string of the molecule is O=C1CCC(N2Cc3cc(CN4CCC(c5cccc(Cl)c5Cl)CC4)ccc3C2S)C(=O)N1. The van der Waals surface area contributed by atoms with E-state index >= 15 is 0 Å². The summed E-state index contributed by atoms with van der Waals surface area (Å²) in [7, 11) is 0. The molecule has 2 atom stereocenters. The first-order chi connectivity index (χ1) is 15.9. The number of thiol groups is 1. The van der Waals surface area contributed by atoms with Crippen LogP contribution in [-0.2, 0) is 22.7 Å².